The van der Waals surface area contributed by atoms with E-state index in [1.807, 2.05) is 0 Å². The molecule has 3 aliphatic rings. The van der Waals surface area contributed by atoms with Crippen LogP contribution in [0.3, 0.4) is 0 Å². The molecule has 4 rings (SSSR count). The third-order valence-electron chi connectivity index (χ3n) is 10.9. The molecule has 3 saturated carbocycles. The maximum absolute atomic E-state index is 2.48. The fraction of sp³-hybridized carbons (Fsp3) is 0.829. The predicted octanol–water partition coefficient (Wildman–Crippen LogP) is 11.3. The van der Waals surface area contributed by atoms with Gasteiger partial charge in [-0.1, -0.05) is 109 Å². The Kier molecular flexibility index (Phi) is 11.6. The van der Waals surface area contributed by atoms with E-state index in [-0.39, 0.29) is 0 Å². The van der Waals surface area contributed by atoms with Gasteiger partial charge in [-0.25, -0.2) is 0 Å². The standard InChI is InChI=1S/C35H58/c1-3-5-6-7-8-9-29-14-22-33(23-15-29)35-26-18-31(19-27-35)11-10-30-16-24-34(25-17-30)32-20-12-28(4-2)13-21-32/h16-17,24-25,28-29,31-33,35H,3-15,18-23,26-27H2,1-2H3/t28-,29-,31-,32-,33-,35-. The van der Waals surface area contributed by atoms with E-state index in [9.17, 15) is 0 Å². The Hall–Kier alpha value is -0.780. The van der Waals surface area contributed by atoms with Crippen molar-refractivity contribution in [2.75, 3.05) is 0 Å². The summed E-state index contributed by atoms with van der Waals surface area (Å²) < 4.78 is 0. The zero-order valence-electron chi connectivity index (χ0n) is 23.6. The Bertz CT molecular complexity index is 662. The molecule has 0 spiro atoms. The van der Waals surface area contributed by atoms with Crippen LogP contribution >= 0.6 is 0 Å². The predicted molar refractivity (Wildman–Crippen MR) is 154 cm³/mol. The van der Waals surface area contributed by atoms with E-state index < -0.39 is 0 Å². The van der Waals surface area contributed by atoms with Crippen molar-refractivity contribution in [3.63, 3.8) is 0 Å². The van der Waals surface area contributed by atoms with Crippen LogP contribution in [0.2, 0.25) is 0 Å². The maximum atomic E-state index is 2.48. The van der Waals surface area contributed by atoms with Crippen molar-refractivity contribution in [3.8, 4) is 0 Å². The van der Waals surface area contributed by atoms with Crippen molar-refractivity contribution in [2.24, 2.45) is 29.6 Å². The minimum Gasteiger partial charge on any atom is -0.0654 e. The Morgan fingerprint density at radius 2 is 1.09 bits per heavy atom. The molecule has 35 heavy (non-hydrogen) atoms. The minimum absolute atomic E-state index is 0.836. The summed E-state index contributed by atoms with van der Waals surface area (Å²) in [5, 5.41) is 0. The summed E-state index contributed by atoms with van der Waals surface area (Å²) in [5.74, 6) is 6.05. The second-order valence-corrected chi connectivity index (χ2v) is 13.2. The molecule has 0 heterocycles. The summed E-state index contributed by atoms with van der Waals surface area (Å²) in [6, 6.07) is 9.89. The highest BCUT2D eigenvalue weighted by molar-refractivity contribution is 5.26. The SMILES string of the molecule is CCCCCCC[C@H]1CC[C@H]([C@H]2CC[C@H](CCc3ccc([C@H]4CC[C@H](CC)CC4)cc3)CC2)CC1. The summed E-state index contributed by atoms with van der Waals surface area (Å²) in [6.07, 6.45) is 31.0. The van der Waals surface area contributed by atoms with Crippen LogP contribution in [-0.2, 0) is 6.42 Å². The third kappa shape index (κ3) is 8.64. The van der Waals surface area contributed by atoms with E-state index in [1.54, 1.807) is 36.8 Å². The third-order valence-corrected chi connectivity index (χ3v) is 10.9. The van der Waals surface area contributed by atoms with Crippen molar-refractivity contribution in [2.45, 2.75) is 155 Å². The number of rotatable bonds is 12. The van der Waals surface area contributed by atoms with Gasteiger partial charge in [0, 0.05) is 0 Å². The molecule has 0 aliphatic heterocycles. The van der Waals surface area contributed by atoms with Gasteiger partial charge < -0.3 is 0 Å². The molecule has 198 valence electrons. The van der Waals surface area contributed by atoms with Gasteiger partial charge in [0.1, 0.15) is 0 Å². The highest BCUT2D eigenvalue weighted by atomic mass is 14.4. The number of hydrogen-bond donors (Lipinski definition) is 0. The lowest BCUT2D eigenvalue weighted by atomic mass is 9.68. The molecule has 0 nitrogen and oxygen atoms in total. The zero-order chi connectivity index (χ0) is 24.3. The normalized spacial score (nSPS) is 31.9. The summed E-state index contributed by atoms with van der Waals surface area (Å²) in [5.41, 5.74) is 3.21. The molecular weight excluding hydrogens is 420 g/mol. The molecular formula is C35H58. The molecule has 1 aromatic carbocycles. The van der Waals surface area contributed by atoms with Gasteiger partial charge in [0.15, 0.2) is 0 Å². The summed E-state index contributed by atoms with van der Waals surface area (Å²) in [6.45, 7) is 4.69. The fourth-order valence-electron chi connectivity index (χ4n) is 8.16. The lowest BCUT2D eigenvalue weighted by molar-refractivity contribution is 0.140. The molecule has 0 N–H and O–H groups in total. The van der Waals surface area contributed by atoms with E-state index in [4.69, 9.17) is 0 Å². The van der Waals surface area contributed by atoms with Gasteiger partial charge in [-0.2, -0.15) is 0 Å². The number of benzene rings is 1. The lowest BCUT2D eigenvalue weighted by Gasteiger charge is -2.38. The monoisotopic (exact) mass is 478 g/mol. The van der Waals surface area contributed by atoms with Crippen molar-refractivity contribution >= 4 is 0 Å². The molecule has 3 aliphatic carbocycles. The van der Waals surface area contributed by atoms with Gasteiger partial charge in [0.25, 0.3) is 0 Å². The topological polar surface area (TPSA) is 0 Å². The average Bonchev–Trinajstić information content (AvgIpc) is 2.93. The van der Waals surface area contributed by atoms with Crippen LogP contribution in [0.5, 0.6) is 0 Å². The Labute approximate surface area is 219 Å². The molecule has 0 unspecified atom stereocenters. The molecule has 0 saturated heterocycles. The molecule has 0 heteroatoms. The first-order chi connectivity index (χ1) is 17.2. The van der Waals surface area contributed by atoms with Gasteiger partial charge in [0.2, 0.25) is 0 Å². The highest BCUT2D eigenvalue weighted by Crippen LogP contribution is 2.43. The molecule has 0 aromatic heterocycles. The van der Waals surface area contributed by atoms with Crippen molar-refractivity contribution in [1.82, 2.24) is 0 Å². The van der Waals surface area contributed by atoms with E-state index >= 15 is 0 Å². The number of hydrogen-bond acceptors (Lipinski definition) is 0. The van der Waals surface area contributed by atoms with Gasteiger partial charge in [-0.3, -0.25) is 0 Å². The number of unbranched alkanes of at least 4 members (excludes halogenated alkanes) is 4. The summed E-state index contributed by atoms with van der Waals surface area (Å²) in [4.78, 5) is 0. The largest absolute Gasteiger partial charge is 0.0654 e. The molecule has 0 bridgehead atoms. The number of aryl methyl sites for hydroxylation is 1. The molecule has 0 amide bonds. The van der Waals surface area contributed by atoms with Crippen LogP contribution in [-0.4, -0.2) is 0 Å². The van der Waals surface area contributed by atoms with Crippen molar-refractivity contribution in [1.29, 1.82) is 0 Å². The first kappa shape index (κ1) is 27.3. The highest BCUT2D eigenvalue weighted by Gasteiger charge is 2.30. The lowest BCUT2D eigenvalue weighted by Crippen LogP contribution is -2.26. The second kappa shape index (κ2) is 14.8. The fourth-order valence-corrected chi connectivity index (χ4v) is 8.16. The van der Waals surface area contributed by atoms with Gasteiger partial charge >= 0.3 is 0 Å². The Morgan fingerprint density at radius 3 is 1.66 bits per heavy atom. The Balaban J connectivity index is 1.09. The first-order valence-electron chi connectivity index (χ1n) is 16.3. The molecule has 0 radical (unpaired) electrons. The minimum atomic E-state index is 0.836. The second-order valence-electron chi connectivity index (χ2n) is 13.2. The molecule has 0 atom stereocenters. The van der Waals surface area contributed by atoms with Crippen LogP contribution in [0.15, 0.2) is 24.3 Å². The van der Waals surface area contributed by atoms with E-state index in [2.05, 4.69) is 38.1 Å². The van der Waals surface area contributed by atoms with Crippen LogP contribution in [0.1, 0.15) is 159 Å². The van der Waals surface area contributed by atoms with Crippen molar-refractivity contribution in [3.05, 3.63) is 35.4 Å². The average molecular weight is 479 g/mol. The van der Waals surface area contributed by atoms with Crippen molar-refractivity contribution < 1.29 is 0 Å². The zero-order valence-corrected chi connectivity index (χ0v) is 23.6. The summed E-state index contributed by atoms with van der Waals surface area (Å²) >= 11 is 0. The van der Waals surface area contributed by atoms with Gasteiger partial charge in [0.05, 0.1) is 0 Å². The maximum Gasteiger partial charge on any atom is -0.0162 e. The van der Waals surface area contributed by atoms with Crippen LogP contribution in [0, 0.1) is 29.6 Å². The summed E-state index contributed by atoms with van der Waals surface area (Å²) in [7, 11) is 0. The van der Waals surface area contributed by atoms with E-state index in [0.717, 1.165) is 35.5 Å². The molecule has 1 aromatic rings. The first-order valence-corrected chi connectivity index (χ1v) is 16.3. The Morgan fingerprint density at radius 1 is 0.543 bits per heavy atom. The molecule has 3 fully saturated rings. The van der Waals surface area contributed by atoms with Gasteiger partial charge in [-0.15, -0.1) is 0 Å². The quantitative estimate of drug-likeness (QED) is 0.262. The van der Waals surface area contributed by atoms with E-state index in [0.29, 0.717) is 0 Å². The van der Waals surface area contributed by atoms with Crippen LogP contribution in [0.4, 0.5) is 0 Å². The van der Waals surface area contributed by atoms with Crippen LogP contribution < -0.4 is 0 Å². The smallest absolute Gasteiger partial charge is 0.0162 e. The van der Waals surface area contributed by atoms with E-state index in [1.165, 1.54) is 109 Å². The van der Waals surface area contributed by atoms with Gasteiger partial charge in [-0.05, 0) is 111 Å². The van der Waals surface area contributed by atoms with Crippen LogP contribution in [0.25, 0.3) is 0 Å².